The van der Waals surface area contributed by atoms with Gasteiger partial charge in [-0.2, -0.15) is 8.42 Å². The number of hydrogen-bond acceptors (Lipinski definition) is 4. The molecule has 0 fully saturated rings. The van der Waals surface area contributed by atoms with Crippen molar-refractivity contribution in [2.24, 2.45) is 0 Å². The minimum absolute atomic E-state index is 0.359. The van der Waals surface area contributed by atoms with Crippen LogP contribution in [0.25, 0.3) is 0 Å². The summed E-state index contributed by atoms with van der Waals surface area (Å²) in [5.74, 6) is -0.359. The molecule has 0 rings (SSSR count). The van der Waals surface area contributed by atoms with Crippen LogP contribution in [0.1, 0.15) is 6.92 Å². The Morgan fingerprint density at radius 2 is 1.92 bits per heavy atom. The molecule has 0 aliphatic carbocycles. The van der Waals surface area contributed by atoms with Crippen LogP contribution in [0.4, 0.5) is 0 Å². The van der Waals surface area contributed by atoms with Crippen LogP contribution < -0.4 is 0 Å². The van der Waals surface area contributed by atoms with E-state index in [4.69, 9.17) is 17.5 Å². The molecular formula is C5H10O6S. The fourth-order valence-corrected chi connectivity index (χ4v) is 0.201. The van der Waals surface area contributed by atoms with E-state index in [2.05, 4.69) is 11.3 Å². The summed E-state index contributed by atoms with van der Waals surface area (Å²) in [6, 6.07) is 0. The van der Waals surface area contributed by atoms with Gasteiger partial charge in [-0.15, -0.1) is 0 Å². The highest BCUT2D eigenvalue weighted by Gasteiger charge is 1.86. The van der Waals surface area contributed by atoms with Gasteiger partial charge in [0, 0.05) is 6.08 Å². The predicted octanol–water partition coefficient (Wildman–Crippen LogP) is 0.0827. The van der Waals surface area contributed by atoms with Crippen LogP contribution in [-0.2, 0) is 19.9 Å². The van der Waals surface area contributed by atoms with Gasteiger partial charge in [0.05, 0.1) is 6.61 Å². The van der Waals surface area contributed by atoms with Crippen LogP contribution in [0.5, 0.6) is 0 Å². The Bertz CT molecular complexity index is 220. The van der Waals surface area contributed by atoms with E-state index >= 15 is 0 Å². The van der Waals surface area contributed by atoms with Crippen molar-refractivity contribution < 1.29 is 27.1 Å². The number of carbonyl (C=O) groups is 1. The lowest BCUT2D eigenvalue weighted by Gasteiger charge is -1.90. The molecule has 0 saturated carbocycles. The van der Waals surface area contributed by atoms with Crippen molar-refractivity contribution in [2.45, 2.75) is 6.92 Å². The second-order valence-electron chi connectivity index (χ2n) is 1.40. The molecule has 72 valence electrons. The molecule has 6 nitrogen and oxygen atoms in total. The summed E-state index contributed by atoms with van der Waals surface area (Å²) in [6.07, 6.45) is 1.14. The van der Waals surface area contributed by atoms with Crippen molar-refractivity contribution in [1.82, 2.24) is 0 Å². The highest BCUT2D eigenvalue weighted by atomic mass is 32.3. The molecule has 0 saturated heterocycles. The molecule has 0 aromatic rings. The van der Waals surface area contributed by atoms with Crippen molar-refractivity contribution in [3.8, 4) is 0 Å². The quantitative estimate of drug-likeness (QED) is 0.370. The number of carbonyl (C=O) groups excluding carboxylic acids is 1. The first-order chi connectivity index (χ1) is 5.31. The van der Waals surface area contributed by atoms with Crippen LogP contribution >= 0.6 is 0 Å². The van der Waals surface area contributed by atoms with Gasteiger partial charge in [-0.25, -0.2) is 4.79 Å². The molecule has 0 amide bonds. The summed E-state index contributed by atoms with van der Waals surface area (Å²) in [5.41, 5.74) is 0. The third-order valence-corrected chi connectivity index (χ3v) is 0.453. The molecule has 0 aliphatic heterocycles. The minimum atomic E-state index is -4.67. The number of hydrogen-bond donors (Lipinski definition) is 2. The van der Waals surface area contributed by atoms with Gasteiger partial charge in [0.2, 0.25) is 0 Å². The van der Waals surface area contributed by atoms with Gasteiger partial charge in [-0.1, -0.05) is 6.58 Å². The maximum Gasteiger partial charge on any atom is 0.394 e. The Hall–Kier alpha value is -0.920. The van der Waals surface area contributed by atoms with Crippen LogP contribution in [0.2, 0.25) is 0 Å². The topological polar surface area (TPSA) is 101 Å². The smallest absolute Gasteiger partial charge is 0.394 e. The molecule has 0 unspecified atom stereocenters. The van der Waals surface area contributed by atoms with E-state index < -0.39 is 10.4 Å². The summed E-state index contributed by atoms with van der Waals surface area (Å²) in [4.78, 5) is 10.1. The summed E-state index contributed by atoms with van der Waals surface area (Å²) >= 11 is 0. The summed E-state index contributed by atoms with van der Waals surface area (Å²) in [7, 11) is -4.67. The Kier molecular flexibility index (Phi) is 7.70. The normalized spacial score (nSPS) is 9.25. The van der Waals surface area contributed by atoms with E-state index in [1.54, 1.807) is 6.92 Å². The highest BCUT2D eigenvalue weighted by Crippen LogP contribution is 1.74. The van der Waals surface area contributed by atoms with Crippen molar-refractivity contribution in [1.29, 1.82) is 0 Å². The Labute approximate surface area is 70.4 Å². The summed E-state index contributed by atoms with van der Waals surface area (Å²) in [5, 5.41) is 0. The molecule has 0 radical (unpaired) electrons. The Balaban J connectivity index is 0. The van der Waals surface area contributed by atoms with Gasteiger partial charge in [0.1, 0.15) is 0 Å². The van der Waals surface area contributed by atoms with Crippen LogP contribution in [0.3, 0.4) is 0 Å². The van der Waals surface area contributed by atoms with Gasteiger partial charge in [0.15, 0.2) is 0 Å². The largest absolute Gasteiger partial charge is 0.463 e. The predicted molar refractivity (Wildman–Crippen MR) is 41.0 cm³/mol. The average Bonchev–Trinajstić information content (AvgIpc) is 1.85. The molecular weight excluding hydrogens is 188 g/mol. The van der Waals surface area contributed by atoms with Gasteiger partial charge >= 0.3 is 16.4 Å². The lowest BCUT2D eigenvalue weighted by molar-refractivity contribution is -0.137. The van der Waals surface area contributed by atoms with Crippen LogP contribution in [0, 0.1) is 0 Å². The van der Waals surface area contributed by atoms with E-state index in [0.717, 1.165) is 6.08 Å². The average molecular weight is 198 g/mol. The second kappa shape index (κ2) is 6.77. The summed E-state index contributed by atoms with van der Waals surface area (Å²) < 4.78 is 36.0. The van der Waals surface area contributed by atoms with E-state index in [-0.39, 0.29) is 5.97 Å². The minimum Gasteiger partial charge on any atom is -0.463 e. The van der Waals surface area contributed by atoms with Crippen LogP contribution in [-0.4, -0.2) is 30.1 Å². The lowest BCUT2D eigenvalue weighted by Crippen LogP contribution is -1.97. The number of esters is 1. The third-order valence-electron chi connectivity index (χ3n) is 0.453. The van der Waals surface area contributed by atoms with E-state index in [1.165, 1.54) is 0 Å². The fraction of sp³-hybridized carbons (Fsp3) is 0.400. The molecule has 0 aromatic heterocycles. The van der Waals surface area contributed by atoms with Gasteiger partial charge < -0.3 is 4.74 Å². The fourth-order valence-electron chi connectivity index (χ4n) is 0.201. The van der Waals surface area contributed by atoms with Crippen molar-refractivity contribution in [3.05, 3.63) is 12.7 Å². The first-order valence-electron chi connectivity index (χ1n) is 2.80. The van der Waals surface area contributed by atoms with Crippen molar-refractivity contribution in [2.75, 3.05) is 6.61 Å². The van der Waals surface area contributed by atoms with E-state index in [1.807, 2.05) is 0 Å². The molecule has 7 heteroatoms. The Morgan fingerprint density at radius 1 is 1.58 bits per heavy atom. The summed E-state index contributed by atoms with van der Waals surface area (Å²) in [6.45, 7) is 5.38. The lowest BCUT2D eigenvalue weighted by atomic mass is 10.6. The van der Waals surface area contributed by atoms with Crippen molar-refractivity contribution in [3.63, 3.8) is 0 Å². The number of ether oxygens (including phenoxy) is 1. The standard InChI is InChI=1S/C5H8O2.H2O4S/c1-3-5(6)7-4-2;1-5(2,3)4/h3H,1,4H2,2H3;(H2,1,2,3,4). The Morgan fingerprint density at radius 3 is 2.00 bits per heavy atom. The third kappa shape index (κ3) is 35.6. The zero-order valence-electron chi connectivity index (χ0n) is 6.43. The molecule has 0 bridgehead atoms. The van der Waals surface area contributed by atoms with E-state index in [9.17, 15) is 4.79 Å². The molecule has 2 N–H and O–H groups in total. The zero-order valence-corrected chi connectivity index (χ0v) is 7.24. The SMILES string of the molecule is C=CC(=O)OCC.O=S(=O)(O)O. The van der Waals surface area contributed by atoms with E-state index in [0.29, 0.717) is 6.61 Å². The molecule has 0 aromatic carbocycles. The van der Waals surface area contributed by atoms with Gasteiger partial charge in [-0.05, 0) is 6.92 Å². The first kappa shape index (κ1) is 13.7. The maximum atomic E-state index is 10.1. The molecule has 0 heterocycles. The zero-order chi connectivity index (χ0) is 10.2. The molecule has 0 spiro atoms. The first-order valence-corrected chi connectivity index (χ1v) is 4.20. The molecule has 12 heavy (non-hydrogen) atoms. The number of rotatable bonds is 2. The van der Waals surface area contributed by atoms with Gasteiger partial charge in [0.25, 0.3) is 0 Å². The monoisotopic (exact) mass is 198 g/mol. The highest BCUT2D eigenvalue weighted by molar-refractivity contribution is 7.79. The molecule has 0 atom stereocenters. The maximum absolute atomic E-state index is 10.1. The second-order valence-corrected chi connectivity index (χ2v) is 2.30. The molecule has 0 aliphatic rings. The van der Waals surface area contributed by atoms with Crippen LogP contribution in [0.15, 0.2) is 12.7 Å². The van der Waals surface area contributed by atoms with Gasteiger partial charge in [-0.3, -0.25) is 9.11 Å². The van der Waals surface area contributed by atoms with Crippen molar-refractivity contribution >= 4 is 16.4 Å².